The lowest BCUT2D eigenvalue weighted by Gasteiger charge is -2.39. The fourth-order valence-electron chi connectivity index (χ4n) is 3.53. The van der Waals surface area contributed by atoms with Crippen LogP contribution in [0.25, 0.3) is 0 Å². The zero-order chi connectivity index (χ0) is 15.7. The van der Waals surface area contributed by atoms with E-state index in [1.807, 2.05) is 11.8 Å². The summed E-state index contributed by atoms with van der Waals surface area (Å²) in [5.74, 6) is -0.225. The third-order valence-electron chi connectivity index (χ3n) is 4.71. The number of likely N-dealkylation sites (tertiary alicyclic amines) is 1. The SMILES string of the molecule is CC(N)C1CCCCN1C(=O)C1CC(=O)N(c2cn[nH]c2)C1. The highest BCUT2D eigenvalue weighted by atomic mass is 16.2. The van der Waals surface area contributed by atoms with Gasteiger partial charge in [-0.2, -0.15) is 5.10 Å². The van der Waals surface area contributed by atoms with E-state index in [0.717, 1.165) is 31.5 Å². The Morgan fingerprint density at radius 1 is 1.50 bits per heavy atom. The molecule has 3 atom stereocenters. The highest BCUT2D eigenvalue weighted by Gasteiger charge is 2.40. The number of aromatic nitrogens is 2. The molecule has 3 N–H and O–H groups in total. The van der Waals surface area contributed by atoms with Gasteiger partial charge in [-0.1, -0.05) is 0 Å². The zero-order valence-electron chi connectivity index (χ0n) is 12.9. The first-order valence-electron chi connectivity index (χ1n) is 7.93. The van der Waals surface area contributed by atoms with Crippen molar-refractivity contribution >= 4 is 17.5 Å². The molecule has 1 aromatic heterocycles. The number of hydrogen-bond acceptors (Lipinski definition) is 4. The van der Waals surface area contributed by atoms with Gasteiger partial charge in [0, 0.05) is 37.8 Å². The number of H-pyrrole nitrogens is 1. The number of hydrogen-bond donors (Lipinski definition) is 2. The van der Waals surface area contributed by atoms with E-state index in [-0.39, 0.29) is 36.2 Å². The second kappa shape index (κ2) is 6.08. The summed E-state index contributed by atoms with van der Waals surface area (Å²) in [5, 5.41) is 6.57. The minimum Gasteiger partial charge on any atom is -0.338 e. The van der Waals surface area contributed by atoms with Gasteiger partial charge in [-0.15, -0.1) is 0 Å². The maximum Gasteiger partial charge on any atom is 0.228 e. The molecule has 3 rings (SSSR count). The topological polar surface area (TPSA) is 95.3 Å². The van der Waals surface area contributed by atoms with Gasteiger partial charge in [0.25, 0.3) is 0 Å². The average molecular weight is 305 g/mol. The van der Waals surface area contributed by atoms with Crippen LogP contribution in [-0.2, 0) is 9.59 Å². The van der Waals surface area contributed by atoms with Crippen LogP contribution in [0, 0.1) is 5.92 Å². The molecular weight excluding hydrogens is 282 g/mol. The Morgan fingerprint density at radius 3 is 3.00 bits per heavy atom. The highest BCUT2D eigenvalue weighted by molar-refractivity contribution is 6.00. The Hall–Kier alpha value is -1.89. The molecule has 3 heterocycles. The van der Waals surface area contributed by atoms with E-state index in [2.05, 4.69) is 10.2 Å². The van der Waals surface area contributed by atoms with Gasteiger partial charge in [-0.05, 0) is 26.2 Å². The summed E-state index contributed by atoms with van der Waals surface area (Å²) in [6.07, 6.45) is 6.64. The fraction of sp³-hybridized carbons (Fsp3) is 0.667. The number of aromatic amines is 1. The van der Waals surface area contributed by atoms with E-state index in [0.29, 0.717) is 6.54 Å². The molecule has 3 unspecified atom stereocenters. The van der Waals surface area contributed by atoms with Gasteiger partial charge in [0.15, 0.2) is 0 Å². The van der Waals surface area contributed by atoms with Crippen molar-refractivity contribution in [2.45, 2.75) is 44.7 Å². The molecule has 22 heavy (non-hydrogen) atoms. The maximum absolute atomic E-state index is 12.8. The fourth-order valence-corrected chi connectivity index (χ4v) is 3.53. The number of anilines is 1. The number of amides is 2. The normalized spacial score (nSPS) is 27.3. The first-order valence-corrected chi connectivity index (χ1v) is 7.93. The molecule has 1 aromatic rings. The molecule has 2 amide bonds. The van der Waals surface area contributed by atoms with E-state index in [4.69, 9.17) is 5.73 Å². The van der Waals surface area contributed by atoms with Crippen LogP contribution in [0.3, 0.4) is 0 Å². The first-order chi connectivity index (χ1) is 10.6. The Balaban J connectivity index is 1.71. The second-order valence-corrected chi connectivity index (χ2v) is 6.32. The molecule has 0 radical (unpaired) electrons. The van der Waals surface area contributed by atoms with Crippen LogP contribution in [-0.4, -0.2) is 52.1 Å². The molecule has 0 bridgehead atoms. The van der Waals surface area contributed by atoms with Gasteiger partial charge in [0.2, 0.25) is 11.8 Å². The third-order valence-corrected chi connectivity index (χ3v) is 4.71. The zero-order valence-corrected chi connectivity index (χ0v) is 12.9. The van der Waals surface area contributed by atoms with Crippen molar-refractivity contribution in [3.05, 3.63) is 12.4 Å². The van der Waals surface area contributed by atoms with Gasteiger partial charge in [0.1, 0.15) is 0 Å². The van der Waals surface area contributed by atoms with Crippen LogP contribution in [0.15, 0.2) is 12.4 Å². The highest BCUT2D eigenvalue weighted by Crippen LogP contribution is 2.28. The summed E-state index contributed by atoms with van der Waals surface area (Å²) in [4.78, 5) is 28.6. The summed E-state index contributed by atoms with van der Waals surface area (Å²) in [6, 6.07) is 0.0608. The number of carbonyl (C=O) groups excluding carboxylic acids is 2. The van der Waals surface area contributed by atoms with Gasteiger partial charge in [-0.3, -0.25) is 14.7 Å². The lowest BCUT2D eigenvalue weighted by molar-refractivity contribution is -0.139. The van der Waals surface area contributed by atoms with Gasteiger partial charge < -0.3 is 15.5 Å². The molecule has 7 nitrogen and oxygen atoms in total. The van der Waals surface area contributed by atoms with Crippen molar-refractivity contribution in [2.24, 2.45) is 11.7 Å². The standard InChI is InChI=1S/C15H23N5O2/c1-10(16)13-4-2-3-5-19(13)15(22)11-6-14(21)20(9-11)12-7-17-18-8-12/h7-8,10-11,13H,2-6,9,16H2,1H3,(H,17,18). The lowest BCUT2D eigenvalue weighted by Crippen LogP contribution is -2.53. The van der Waals surface area contributed by atoms with Crippen molar-refractivity contribution in [3.63, 3.8) is 0 Å². The minimum atomic E-state index is -0.276. The van der Waals surface area contributed by atoms with E-state index < -0.39 is 0 Å². The van der Waals surface area contributed by atoms with Crippen LogP contribution in [0.4, 0.5) is 5.69 Å². The Kier molecular flexibility index (Phi) is 4.15. The molecule has 0 aliphatic carbocycles. The molecule has 2 saturated heterocycles. The van der Waals surface area contributed by atoms with Gasteiger partial charge in [0.05, 0.1) is 17.8 Å². The van der Waals surface area contributed by atoms with Gasteiger partial charge in [-0.25, -0.2) is 0 Å². The Morgan fingerprint density at radius 2 is 2.32 bits per heavy atom. The van der Waals surface area contributed by atoms with Crippen molar-refractivity contribution in [1.29, 1.82) is 0 Å². The van der Waals surface area contributed by atoms with Crippen molar-refractivity contribution < 1.29 is 9.59 Å². The molecular formula is C15H23N5O2. The van der Waals surface area contributed by atoms with E-state index in [1.54, 1.807) is 17.3 Å². The number of nitrogens with two attached hydrogens (primary N) is 1. The number of nitrogens with one attached hydrogen (secondary N) is 1. The van der Waals surface area contributed by atoms with Gasteiger partial charge >= 0.3 is 0 Å². The molecule has 0 spiro atoms. The Bertz CT molecular complexity index is 542. The predicted molar refractivity (Wildman–Crippen MR) is 82.0 cm³/mol. The number of piperidine rings is 1. The van der Waals surface area contributed by atoms with Crippen molar-refractivity contribution in [3.8, 4) is 0 Å². The van der Waals surface area contributed by atoms with E-state index in [9.17, 15) is 9.59 Å². The summed E-state index contributed by atoms with van der Waals surface area (Å²) >= 11 is 0. The monoisotopic (exact) mass is 305 g/mol. The van der Waals surface area contributed by atoms with Crippen molar-refractivity contribution in [1.82, 2.24) is 15.1 Å². The van der Waals surface area contributed by atoms with Crippen LogP contribution in [0.2, 0.25) is 0 Å². The van der Waals surface area contributed by atoms with Crippen LogP contribution >= 0.6 is 0 Å². The first kappa shape index (κ1) is 15.0. The summed E-state index contributed by atoms with van der Waals surface area (Å²) in [6.45, 7) is 3.13. The average Bonchev–Trinajstić information content (AvgIpc) is 3.15. The predicted octanol–water partition coefficient (Wildman–Crippen LogP) is 0.491. The Labute approximate surface area is 129 Å². The number of nitrogens with zero attached hydrogens (tertiary/aromatic N) is 3. The maximum atomic E-state index is 12.8. The summed E-state index contributed by atoms with van der Waals surface area (Å²) < 4.78 is 0. The smallest absolute Gasteiger partial charge is 0.228 e. The molecule has 2 aliphatic rings. The molecule has 7 heteroatoms. The van der Waals surface area contributed by atoms with E-state index in [1.165, 1.54) is 0 Å². The number of rotatable bonds is 3. The van der Waals surface area contributed by atoms with Crippen molar-refractivity contribution in [2.75, 3.05) is 18.0 Å². The van der Waals surface area contributed by atoms with Crippen LogP contribution in [0.5, 0.6) is 0 Å². The second-order valence-electron chi connectivity index (χ2n) is 6.32. The molecule has 2 aliphatic heterocycles. The lowest BCUT2D eigenvalue weighted by atomic mass is 9.94. The van der Waals surface area contributed by atoms with E-state index >= 15 is 0 Å². The van der Waals surface area contributed by atoms with Crippen LogP contribution < -0.4 is 10.6 Å². The largest absolute Gasteiger partial charge is 0.338 e. The quantitative estimate of drug-likeness (QED) is 0.849. The molecule has 2 fully saturated rings. The van der Waals surface area contributed by atoms with Crippen LogP contribution in [0.1, 0.15) is 32.6 Å². The third kappa shape index (κ3) is 2.72. The molecule has 0 aromatic carbocycles. The summed E-state index contributed by atoms with van der Waals surface area (Å²) in [5.41, 5.74) is 6.77. The molecule has 120 valence electrons. The number of carbonyl (C=O) groups is 2. The minimum absolute atomic E-state index is 0.0193. The summed E-state index contributed by atoms with van der Waals surface area (Å²) in [7, 11) is 0. The molecule has 0 saturated carbocycles.